The van der Waals surface area contributed by atoms with Gasteiger partial charge in [-0.25, -0.2) is 4.79 Å². The highest BCUT2D eigenvalue weighted by Gasteiger charge is 2.23. The number of carbonyl (C=O) groups excluding carboxylic acids is 1. The second kappa shape index (κ2) is 7.30. The average Bonchev–Trinajstić information content (AvgIpc) is 2.14. The summed E-state index contributed by atoms with van der Waals surface area (Å²) in [6.07, 6.45) is 1.25. The number of hydrogen-bond donors (Lipinski definition) is 2. The van der Waals surface area contributed by atoms with Crippen molar-refractivity contribution in [3.8, 4) is 0 Å². The number of carboxylic acids is 1. The molecule has 0 heterocycles. The summed E-state index contributed by atoms with van der Waals surface area (Å²) in [5.41, 5.74) is 0. The van der Waals surface area contributed by atoms with Gasteiger partial charge in [0.2, 0.25) is 5.91 Å². The molecule has 2 N–H and O–H groups in total. The van der Waals surface area contributed by atoms with E-state index < -0.39 is 12.0 Å². The zero-order valence-corrected chi connectivity index (χ0v) is 11.5. The molecule has 2 atom stereocenters. The van der Waals surface area contributed by atoms with Gasteiger partial charge in [0.15, 0.2) is 0 Å². The van der Waals surface area contributed by atoms with Crippen molar-refractivity contribution in [2.24, 2.45) is 17.8 Å². The third kappa shape index (κ3) is 6.97. The number of amides is 1. The molecule has 0 aromatic heterocycles. The van der Waals surface area contributed by atoms with E-state index in [4.69, 9.17) is 5.11 Å². The van der Waals surface area contributed by atoms with Gasteiger partial charge in [0.05, 0.1) is 0 Å². The van der Waals surface area contributed by atoms with Gasteiger partial charge in [0.1, 0.15) is 6.04 Å². The lowest BCUT2D eigenvalue weighted by Gasteiger charge is -2.20. The Bertz CT molecular complexity index is 261. The summed E-state index contributed by atoms with van der Waals surface area (Å²) in [6.45, 7) is 9.82. The van der Waals surface area contributed by atoms with Crippen molar-refractivity contribution < 1.29 is 14.7 Å². The van der Waals surface area contributed by atoms with Crippen molar-refractivity contribution in [1.82, 2.24) is 5.32 Å². The molecule has 0 bridgehead atoms. The third-order valence-corrected chi connectivity index (χ3v) is 2.59. The fourth-order valence-electron chi connectivity index (χ4n) is 1.82. The quantitative estimate of drug-likeness (QED) is 0.721. The van der Waals surface area contributed by atoms with Gasteiger partial charge in [-0.05, 0) is 24.7 Å². The summed E-state index contributed by atoms with van der Waals surface area (Å²) in [5, 5.41) is 11.6. The molecule has 0 spiro atoms. The van der Waals surface area contributed by atoms with Crippen LogP contribution in [0.25, 0.3) is 0 Å². The molecule has 0 saturated carbocycles. The first-order valence-corrected chi connectivity index (χ1v) is 6.27. The molecule has 0 aliphatic heterocycles. The first-order chi connectivity index (χ1) is 7.73. The van der Waals surface area contributed by atoms with Crippen molar-refractivity contribution in [3.05, 3.63) is 0 Å². The van der Waals surface area contributed by atoms with Crippen LogP contribution in [0.1, 0.15) is 47.5 Å². The van der Waals surface area contributed by atoms with Crippen molar-refractivity contribution in [2.45, 2.75) is 53.5 Å². The van der Waals surface area contributed by atoms with Crippen LogP contribution in [0.3, 0.4) is 0 Å². The van der Waals surface area contributed by atoms with Crippen LogP contribution in [0.2, 0.25) is 0 Å². The van der Waals surface area contributed by atoms with Crippen LogP contribution < -0.4 is 5.32 Å². The Morgan fingerprint density at radius 3 is 1.82 bits per heavy atom. The molecule has 1 amide bonds. The van der Waals surface area contributed by atoms with Crippen molar-refractivity contribution in [2.75, 3.05) is 0 Å². The topological polar surface area (TPSA) is 66.4 Å². The summed E-state index contributed by atoms with van der Waals surface area (Å²) in [7, 11) is 0. The zero-order valence-electron chi connectivity index (χ0n) is 11.5. The number of aliphatic carboxylic acids is 1. The fourth-order valence-corrected chi connectivity index (χ4v) is 1.82. The summed E-state index contributed by atoms with van der Waals surface area (Å²) < 4.78 is 0. The Balaban J connectivity index is 4.35. The lowest BCUT2D eigenvalue weighted by molar-refractivity contribution is -0.142. The Morgan fingerprint density at radius 2 is 1.47 bits per heavy atom. The summed E-state index contributed by atoms with van der Waals surface area (Å²) in [4.78, 5) is 22.8. The zero-order chi connectivity index (χ0) is 13.6. The lowest BCUT2D eigenvalue weighted by Crippen LogP contribution is -2.44. The second-order valence-electron chi connectivity index (χ2n) is 5.56. The van der Waals surface area contributed by atoms with E-state index in [1.54, 1.807) is 0 Å². The number of rotatable bonds is 7. The van der Waals surface area contributed by atoms with Crippen molar-refractivity contribution in [3.63, 3.8) is 0 Å². The lowest BCUT2D eigenvalue weighted by atomic mass is 9.97. The monoisotopic (exact) mass is 243 g/mol. The van der Waals surface area contributed by atoms with E-state index in [1.807, 2.05) is 34.6 Å². The van der Waals surface area contributed by atoms with Crippen LogP contribution >= 0.6 is 0 Å². The SMILES string of the molecule is CC(C)CC(C)C(=O)N[C@@H](CC(C)C)C(=O)O. The van der Waals surface area contributed by atoms with Crippen molar-refractivity contribution >= 4 is 11.9 Å². The minimum Gasteiger partial charge on any atom is -0.480 e. The third-order valence-electron chi connectivity index (χ3n) is 2.59. The van der Waals surface area contributed by atoms with Crippen LogP contribution in [0.4, 0.5) is 0 Å². The van der Waals surface area contributed by atoms with Crippen molar-refractivity contribution in [1.29, 1.82) is 0 Å². The van der Waals surface area contributed by atoms with E-state index in [-0.39, 0.29) is 17.7 Å². The molecule has 0 aliphatic rings. The van der Waals surface area contributed by atoms with E-state index in [0.717, 1.165) is 6.42 Å². The van der Waals surface area contributed by atoms with Gasteiger partial charge in [0.25, 0.3) is 0 Å². The molecule has 100 valence electrons. The van der Waals surface area contributed by atoms with Crippen LogP contribution in [-0.4, -0.2) is 23.0 Å². The first-order valence-electron chi connectivity index (χ1n) is 6.27. The largest absolute Gasteiger partial charge is 0.480 e. The Kier molecular flexibility index (Phi) is 6.85. The Labute approximate surface area is 104 Å². The molecule has 0 aromatic carbocycles. The molecule has 0 fully saturated rings. The molecule has 0 aromatic rings. The second-order valence-corrected chi connectivity index (χ2v) is 5.56. The summed E-state index contributed by atoms with van der Waals surface area (Å²) in [6, 6.07) is -0.767. The molecule has 4 heteroatoms. The van der Waals surface area contributed by atoms with Crippen LogP contribution in [0.15, 0.2) is 0 Å². The van der Waals surface area contributed by atoms with E-state index in [1.165, 1.54) is 0 Å². The number of carboxylic acid groups (broad SMARTS) is 1. The molecule has 0 radical (unpaired) electrons. The average molecular weight is 243 g/mol. The molecular formula is C13H25NO3. The maximum absolute atomic E-state index is 11.8. The standard InChI is InChI=1S/C13H25NO3/c1-8(2)6-10(5)12(15)14-11(13(16)17)7-9(3)4/h8-11H,6-7H2,1-5H3,(H,14,15)(H,16,17)/t10?,11-/m0/s1. The van der Waals surface area contributed by atoms with Gasteiger partial charge in [-0.15, -0.1) is 0 Å². The highest BCUT2D eigenvalue weighted by Crippen LogP contribution is 2.12. The predicted octanol–water partition coefficient (Wildman–Crippen LogP) is 2.28. The normalized spacial score (nSPS) is 14.8. The highest BCUT2D eigenvalue weighted by molar-refractivity contribution is 5.84. The molecule has 4 nitrogen and oxygen atoms in total. The van der Waals surface area contributed by atoms with Gasteiger partial charge < -0.3 is 10.4 Å². The smallest absolute Gasteiger partial charge is 0.326 e. The van der Waals surface area contributed by atoms with E-state index in [9.17, 15) is 9.59 Å². The number of carbonyl (C=O) groups is 2. The first kappa shape index (κ1) is 15.9. The van der Waals surface area contributed by atoms with Gasteiger partial charge in [-0.3, -0.25) is 4.79 Å². The van der Waals surface area contributed by atoms with Gasteiger partial charge in [0, 0.05) is 5.92 Å². The molecule has 17 heavy (non-hydrogen) atoms. The van der Waals surface area contributed by atoms with E-state index in [0.29, 0.717) is 12.3 Å². The summed E-state index contributed by atoms with van der Waals surface area (Å²) in [5.74, 6) is -0.569. The predicted molar refractivity (Wildman–Crippen MR) is 67.6 cm³/mol. The van der Waals surface area contributed by atoms with Crippen LogP contribution in [0, 0.1) is 17.8 Å². The number of nitrogens with one attached hydrogen (secondary N) is 1. The maximum atomic E-state index is 11.8. The summed E-state index contributed by atoms with van der Waals surface area (Å²) >= 11 is 0. The van der Waals surface area contributed by atoms with E-state index >= 15 is 0 Å². The minimum atomic E-state index is -0.955. The van der Waals surface area contributed by atoms with Crippen LogP contribution in [-0.2, 0) is 9.59 Å². The fraction of sp³-hybridized carbons (Fsp3) is 0.846. The highest BCUT2D eigenvalue weighted by atomic mass is 16.4. The minimum absolute atomic E-state index is 0.135. The molecular weight excluding hydrogens is 218 g/mol. The van der Waals surface area contributed by atoms with Gasteiger partial charge in [-0.1, -0.05) is 34.6 Å². The molecule has 1 unspecified atom stereocenters. The molecule has 0 aliphatic carbocycles. The Morgan fingerprint density at radius 1 is 1.00 bits per heavy atom. The van der Waals surface area contributed by atoms with Gasteiger partial charge in [-0.2, -0.15) is 0 Å². The molecule has 0 rings (SSSR count). The van der Waals surface area contributed by atoms with Crippen LogP contribution in [0.5, 0.6) is 0 Å². The maximum Gasteiger partial charge on any atom is 0.326 e. The Hall–Kier alpha value is -1.06. The molecule has 0 saturated heterocycles. The number of hydrogen-bond acceptors (Lipinski definition) is 2. The van der Waals surface area contributed by atoms with Gasteiger partial charge >= 0.3 is 5.97 Å². The van der Waals surface area contributed by atoms with E-state index in [2.05, 4.69) is 5.32 Å².